The van der Waals surface area contributed by atoms with E-state index in [0.717, 1.165) is 36.8 Å². The summed E-state index contributed by atoms with van der Waals surface area (Å²) in [6.07, 6.45) is 5.41. The molecule has 0 aromatic rings. The highest BCUT2D eigenvalue weighted by molar-refractivity contribution is 5.26. The Morgan fingerprint density at radius 1 is 1.26 bits per heavy atom. The second kappa shape index (κ2) is 6.52. The van der Waals surface area contributed by atoms with E-state index in [9.17, 15) is 0 Å². The van der Waals surface area contributed by atoms with Gasteiger partial charge in [-0.2, -0.15) is 0 Å². The highest BCUT2D eigenvalue weighted by atomic mass is 16.3. The number of hydrogen-bond donors (Lipinski definition) is 5. The molecule has 0 spiro atoms. The van der Waals surface area contributed by atoms with E-state index in [4.69, 9.17) is 5.11 Å². The minimum atomic E-state index is 0.136. The van der Waals surface area contributed by atoms with Gasteiger partial charge in [0.1, 0.15) is 17.5 Å². The van der Waals surface area contributed by atoms with Crippen molar-refractivity contribution in [3.8, 4) is 0 Å². The third-order valence-corrected chi connectivity index (χ3v) is 3.43. The topological polar surface area (TPSA) is 68.3 Å². The molecule has 2 rings (SSSR count). The van der Waals surface area contributed by atoms with Crippen molar-refractivity contribution in [2.45, 2.75) is 33.1 Å². The molecule has 0 aliphatic carbocycles. The summed E-state index contributed by atoms with van der Waals surface area (Å²) in [5, 5.41) is 22.2. The molecule has 5 N–H and O–H groups in total. The summed E-state index contributed by atoms with van der Waals surface area (Å²) >= 11 is 0. The molecule has 5 heteroatoms. The standard InChI is InChI=1S/C14H24N4O/c1-10-4-3-7-15-13(10)17-12-6-5-11(2)14(18-12)16-8-9-19/h6,15-19H,3-5,7-9H2,1-2H3. The van der Waals surface area contributed by atoms with Gasteiger partial charge in [-0.25, -0.2) is 0 Å². The van der Waals surface area contributed by atoms with E-state index >= 15 is 0 Å². The smallest absolute Gasteiger partial charge is 0.106 e. The molecule has 2 aliphatic heterocycles. The van der Waals surface area contributed by atoms with Gasteiger partial charge in [0.05, 0.1) is 6.61 Å². The van der Waals surface area contributed by atoms with Gasteiger partial charge in [0, 0.05) is 13.1 Å². The Balaban J connectivity index is 1.96. The average Bonchev–Trinajstić information content (AvgIpc) is 2.42. The minimum Gasteiger partial charge on any atom is -0.395 e. The van der Waals surface area contributed by atoms with Crippen molar-refractivity contribution in [2.75, 3.05) is 19.7 Å². The van der Waals surface area contributed by atoms with Crippen molar-refractivity contribution in [1.29, 1.82) is 0 Å². The lowest BCUT2D eigenvalue weighted by Crippen LogP contribution is -2.39. The zero-order chi connectivity index (χ0) is 13.7. The quantitative estimate of drug-likeness (QED) is 0.509. The third kappa shape index (κ3) is 3.67. The molecule has 0 radical (unpaired) electrons. The van der Waals surface area contributed by atoms with Gasteiger partial charge in [0.25, 0.3) is 0 Å². The molecule has 0 aromatic carbocycles. The van der Waals surface area contributed by atoms with E-state index in [1.165, 1.54) is 17.6 Å². The summed E-state index contributed by atoms with van der Waals surface area (Å²) in [5.74, 6) is 3.11. The molecule has 0 saturated carbocycles. The highest BCUT2D eigenvalue weighted by Crippen LogP contribution is 2.16. The van der Waals surface area contributed by atoms with Gasteiger partial charge in [0.15, 0.2) is 0 Å². The molecule has 0 aromatic heterocycles. The molecule has 0 unspecified atom stereocenters. The summed E-state index contributed by atoms with van der Waals surface area (Å²) in [6, 6.07) is 0. The molecule has 0 fully saturated rings. The first-order chi connectivity index (χ1) is 9.20. The van der Waals surface area contributed by atoms with Crippen LogP contribution in [0.5, 0.6) is 0 Å². The Bertz CT molecular complexity index is 423. The number of allylic oxidation sites excluding steroid dienone is 3. The van der Waals surface area contributed by atoms with Crippen LogP contribution in [-0.4, -0.2) is 24.8 Å². The van der Waals surface area contributed by atoms with Crippen LogP contribution in [0.4, 0.5) is 0 Å². The zero-order valence-corrected chi connectivity index (χ0v) is 11.8. The lowest BCUT2D eigenvalue weighted by molar-refractivity contribution is 0.295. The number of hydrogen-bond acceptors (Lipinski definition) is 5. The Labute approximate surface area is 114 Å². The van der Waals surface area contributed by atoms with Crippen LogP contribution in [0, 0.1) is 0 Å². The highest BCUT2D eigenvalue weighted by Gasteiger charge is 2.13. The van der Waals surface area contributed by atoms with Crippen LogP contribution in [0.1, 0.15) is 33.1 Å². The Kier molecular flexibility index (Phi) is 4.74. The van der Waals surface area contributed by atoms with Gasteiger partial charge >= 0.3 is 0 Å². The van der Waals surface area contributed by atoms with Crippen molar-refractivity contribution in [2.24, 2.45) is 0 Å². The first kappa shape index (κ1) is 13.8. The van der Waals surface area contributed by atoms with Gasteiger partial charge in [-0.3, -0.25) is 0 Å². The maximum Gasteiger partial charge on any atom is 0.106 e. The molecule has 5 nitrogen and oxygen atoms in total. The SMILES string of the molecule is CC1=C(NCCO)NC(NC2=C(C)CCCN2)=CC1. The maximum atomic E-state index is 8.88. The van der Waals surface area contributed by atoms with Crippen LogP contribution in [0.3, 0.4) is 0 Å². The normalized spacial score (nSPS) is 19.6. The Morgan fingerprint density at radius 2 is 2.11 bits per heavy atom. The van der Waals surface area contributed by atoms with Gasteiger partial charge < -0.3 is 26.4 Å². The average molecular weight is 264 g/mol. The zero-order valence-electron chi connectivity index (χ0n) is 11.8. The van der Waals surface area contributed by atoms with Crippen molar-refractivity contribution in [1.82, 2.24) is 21.3 Å². The van der Waals surface area contributed by atoms with Crippen molar-refractivity contribution in [3.63, 3.8) is 0 Å². The van der Waals surface area contributed by atoms with E-state index in [0.29, 0.717) is 6.54 Å². The fraction of sp³-hybridized carbons (Fsp3) is 0.571. The second-order valence-electron chi connectivity index (χ2n) is 5.06. The first-order valence-electron chi connectivity index (χ1n) is 6.93. The Hall–Kier alpha value is -1.62. The summed E-state index contributed by atoms with van der Waals surface area (Å²) in [5.41, 5.74) is 2.62. The van der Waals surface area contributed by atoms with Crippen LogP contribution >= 0.6 is 0 Å². The van der Waals surface area contributed by atoms with Crippen LogP contribution in [0.2, 0.25) is 0 Å². The fourth-order valence-electron chi connectivity index (χ4n) is 2.24. The van der Waals surface area contributed by atoms with E-state index in [1.807, 2.05) is 0 Å². The lowest BCUT2D eigenvalue weighted by Gasteiger charge is -2.27. The predicted octanol–water partition coefficient (Wildman–Crippen LogP) is 0.839. The number of aliphatic hydroxyl groups excluding tert-OH is 1. The maximum absolute atomic E-state index is 8.88. The summed E-state index contributed by atoms with van der Waals surface area (Å²) in [6.45, 7) is 5.97. The predicted molar refractivity (Wildman–Crippen MR) is 76.7 cm³/mol. The molecular weight excluding hydrogens is 240 g/mol. The number of dihydropyridines is 1. The van der Waals surface area contributed by atoms with Crippen molar-refractivity contribution < 1.29 is 5.11 Å². The van der Waals surface area contributed by atoms with Gasteiger partial charge in [-0.05, 0) is 50.3 Å². The van der Waals surface area contributed by atoms with Gasteiger partial charge in [0.2, 0.25) is 0 Å². The Morgan fingerprint density at radius 3 is 2.84 bits per heavy atom. The molecule has 2 aliphatic rings. The first-order valence-corrected chi connectivity index (χ1v) is 6.93. The molecular formula is C14H24N4O. The summed E-state index contributed by atoms with van der Waals surface area (Å²) < 4.78 is 0. The van der Waals surface area contributed by atoms with E-state index in [1.54, 1.807) is 0 Å². The van der Waals surface area contributed by atoms with Crippen molar-refractivity contribution in [3.05, 3.63) is 34.7 Å². The molecule has 0 saturated heterocycles. The van der Waals surface area contributed by atoms with Crippen LogP contribution in [0.25, 0.3) is 0 Å². The molecule has 19 heavy (non-hydrogen) atoms. The summed E-state index contributed by atoms with van der Waals surface area (Å²) in [7, 11) is 0. The van der Waals surface area contributed by atoms with Gasteiger partial charge in [-0.1, -0.05) is 0 Å². The van der Waals surface area contributed by atoms with Crippen LogP contribution < -0.4 is 21.3 Å². The number of nitrogens with one attached hydrogen (secondary N) is 4. The van der Waals surface area contributed by atoms with E-state index in [2.05, 4.69) is 41.2 Å². The van der Waals surface area contributed by atoms with E-state index < -0.39 is 0 Å². The molecule has 106 valence electrons. The fourth-order valence-corrected chi connectivity index (χ4v) is 2.24. The lowest BCUT2D eigenvalue weighted by atomic mass is 10.1. The number of aliphatic hydroxyl groups is 1. The van der Waals surface area contributed by atoms with Crippen LogP contribution in [0.15, 0.2) is 34.7 Å². The second-order valence-corrected chi connectivity index (χ2v) is 5.06. The monoisotopic (exact) mass is 264 g/mol. The number of rotatable bonds is 5. The molecule has 0 bridgehead atoms. The van der Waals surface area contributed by atoms with E-state index in [-0.39, 0.29) is 6.61 Å². The molecule has 0 amide bonds. The minimum absolute atomic E-state index is 0.136. The van der Waals surface area contributed by atoms with Crippen LogP contribution in [-0.2, 0) is 0 Å². The van der Waals surface area contributed by atoms with Crippen molar-refractivity contribution >= 4 is 0 Å². The molecule has 2 heterocycles. The van der Waals surface area contributed by atoms with Gasteiger partial charge in [-0.15, -0.1) is 0 Å². The molecule has 0 atom stereocenters. The third-order valence-electron chi connectivity index (χ3n) is 3.43. The largest absolute Gasteiger partial charge is 0.395 e. The summed E-state index contributed by atoms with van der Waals surface area (Å²) in [4.78, 5) is 0.